The van der Waals surface area contributed by atoms with Crippen molar-refractivity contribution in [2.75, 3.05) is 13.2 Å². The Balaban J connectivity index is 1.79. The maximum atomic E-state index is 13.1. The minimum absolute atomic E-state index is 0.0351. The van der Waals surface area contributed by atoms with Crippen LogP contribution < -0.4 is 0 Å². The summed E-state index contributed by atoms with van der Waals surface area (Å²) in [6.07, 6.45) is 2.42. The molecule has 26 heavy (non-hydrogen) atoms. The lowest BCUT2D eigenvalue weighted by atomic mass is 10.1. The highest BCUT2D eigenvalue weighted by atomic mass is 32.2. The van der Waals surface area contributed by atoms with Gasteiger partial charge in [0.2, 0.25) is 10.0 Å². The molecule has 0 amide bonds. The summed E-state index contributed by atoms with van der Waals surface area (Å²) in [7, 11) is -3.58. The molecular formula is C20H23NO4S. The van der Waals surface area contributed by atoms with Crippen molar-refractivity contribution in [3.63, 3.8) is 0 Å². The third-order valence-electron chi connectivity index (χ3n) is 4.61. The Kier molecular flexibility index (Phi) is 5.74. The average Bonchev–Trinajstić information content (AvgIpc) is 3.12. The predicted molar refractivity (Wildman–Crippen MR) is 99.5 cm³/mol. The van der Waals surface area contributed by atoms with Crippen molar-refractivity contribution in [2.24, 2.45) is 0 Å². The van der Waals surface area contributed by atoms with Crippen LogP contribution in [-0.4, -0.2) is 37.9 Å². The van der Waals surface area contributed by atoms with Gasteiger partial charge in [0.15, 0.2) is 0 Å². The molecule has 2 aromatic rings. The maximum Gasteiger partial charge on any atom is 0.338 e. The molecule has 1 aliphatic rings. The summed E-state index contributed by atoms with van der Waals surface area (Å²) in [5.41, 5.74) is 1.49. The SMILES string of the molecule is CCOC(=O)c1ccc(S(=O)(=O)N2CCCC2Cc2ccccc2)cc1. The third-order valence-corrected chi connectivity index (χ3v) is 6.58. The molecule has 1 saturated heterocycles. The zero-order chi connectivity index (χ0) is 18.6. The molecule has 1 aliphatic heterocycles. The second-order valence-electron chi connectivity index (χ2n) is 6.35. The predicted octanol–water partition coefficient (Wildman–Crippen LogP) is 3.26. The van der Waals surface area contributed by atoms with Gasteiger partial charge in [0, 0.05) is 12.6 Å². The molecule has 5 nitrogen and oxygen atoms in total. The third kappa shape index (κ3) is 3.97. The summed E-state index contributed by atoms with van der Waals surface area (Å²) < 4.78 is 32.6. The van der Waals surface area contributed by atoms with Gasteiger partial charge in [0.25, 0.3) is 0 Å². The standard InChI is InChI=1S/C20H23NO4S/c1-2-25-20(22)17-10-12-19(13-11-17)26(23,24)21-14-6-9-18(21)15-16-7-4-3-5-8-16/h3-5,7-8,10-13,18H,2,6,9,14-15H2,1H3. The van der Waals surface area contributed by atoms with Gasteiger partial charge in [-0.2, -0.15) is 4.31 Å². The van der Waals surface area contributed by atoms with E-state index in [0.717, 1.165) is 18.4 Å². The van der Waals surface area contributed by atoms with Gasteiger partial charge in [0.1, 0.15) is 0 Å². The molecule has 2 aromatic carbocycles. The molecular weight excluding hydrogens is 350 g/mol. The maximum absolute atomic E-state index is 13.1. The molecule has 138 valence electrons. The average molecular weight is 373 g/mol. The first-order chi connectivity index (χ1) is 12.5. The number of carbonyl (C=O) groups is 1. The van der Waals surface area contributed by atoms with Crippen LogP contribution in [0.1, 0.15) is 35.7 Å². The fourth-order valence-electron chi connectivity index (χ4n) is 3.33. The Hall–Kier alpha value is -2.18. The zero-order valence-electron chi connectivity index (χ0n) is 14.8. The van der Waals surface area contributed by atoms with Crippen LogP contribution in [0.25, 0.3) is 0 Å². The molecule has 0 aromatic heterocycles. The topological polar surface area (TPSA) is 63.7 Å². The highest BCUT2D eigenvalue weighted by Gasteiger charge is 2.35. The van der Waals surface area contributed by atoms with Crippen molar-refractivity contribution < 1.29 is 17.9 Å². The first-order valence-corrected chi connectivity index (χ1v) is 10.3. The van der Waals surface area contributed by atoms with E-state index in [4.69, 9.17) is 4.74 Å². The van der Waals surface area contributed by atoms with Gasteiger partial charge in [-0.3, -0.25) is 0 Å². The van der Waals surface area contributed by atoms with Crippen LogP contribution in [0.5, 0.6) is 0 Å². The summed E-state index contributed by atoms with van der Waals surface area (Å²) in [4.78, 5) is 11.9. The Bertz CT molecular complexity index is 847. The molecule has 6 heteroatoms. The molecule has 1 atom stereocenters. The van der Waals surface area contributed by atoms with E-state index in [-0.39, 0.29) is 17.5 Å². The van der Waals surface area contributed by atoms with Crippen molar-refractivity contribution in [3.05, 3.63) is 65.7 Å². The minimum Gasteiger partial charge on any atom is -0.462 e. The van der Waals surface area contributed by atoms with Crippen molar-refractivity contribution in [1.29, 1.82) is 0 Å². The van der Waals surface area contributed by atoms with Gasteiger partial charge in [-0.25, -0.2) is 13.2 Å². The number of nitrogens with zero attached hydrogens (tertiary/aromatic N) is 1. The highest BCUT2D eigenvalue weighted by Crippen LogP contribution is 2.28. The lowest BCUT2D eigenvalue weighted by Gasteiger charge is -2.24. The van der Waals surface area contributed by atoms with Crippen LogP contribution in [0.3, 0.4) is 0 Å². The first-order valence-electron chi connectivity index (χ1n) is 8.85. The van der Waals surface area contributed by atoms with E-state index in [1.54, 1.807) is 11.2 Å². The van der Waals surface area contributed by atoms with Gasteiger partial charge in [-0.15, -0.1) is 0 Å². The van der Waals surface area contributed by atoms with Crippen LogP contribution in [0.2, 0.25) is 0 Å². The van der Waals surface area contributed by atoms with Gasteiger partial charge in [-0.05, 0) is 56.0 Å². The molecule has 0 saturated carbocycles. The van der Waals surface area contributed by atoms with Crippen LogP contribution in [0.4, 0.5) is 0 Å². The summed E-state index contributed by atoms with van der Waals surface area (Å²) in [5.74, 6) is -0.445. The van der Waals surface area contributed by atoms with E-state index in [2.05, 4.69) is 0 Å². The first kappa shape index (κ1) is 18.6. The number of hydrogen-bond donors (Lipinski definition) is 0. The molecule has 1 heterocycles. The molecule has 0 N–H and O–H groups in total. The largest absolute Gasteiger partial charge is 0.462 e. The molecule has 0 radical (unpaired) electrons. The van der Waals surface area contributed by atoms with Crippen molar-refractivity contribution >= 4 is 16.0 Å². The van der Waals surface area contributed by atoms with Gasteiger partial charge in [0.05, 0.1) is 17.1 Å². The molecule has 0 spiro atoms. The number of hydrogen-bond acceptors (Lipinski definition) is 4. The summed E-state index contributed by atoms with van der Waals surface area (Å²) in [5, 5.41) is 0. The summed E-state index contributed by atoms with van der Waals surface area (Å²) in [6.45, 7) is 2.55. The fraction of sp³-hybridized carbons (Fsp3) is 0.350. The molecule has 1 fully saturated rings. The van der Waals surface area contributed by atoms with Gasteiger partial charge in [-0.1, -0.05) is 30.3 Å². The van der Waals surface area contributed by atoms with E-state index in [9.17, 15) is 13.2 Å². The smallest absolute Gasteiger partial charge is 0.338 e. The van der Waals surface area contributed by atoms with E-state index in [1.165, 1.54) is 24.3 Å². The van der Waals surface area contributed by atoms with E-state index < -0.39 is 16.0 Å². The number of esters is 1. The second kappa shape index (κ2) is 8.01. The number of rotatable bonds is 6. The van der Waals surface area contributed by atoms with Gasteiger partial charge < -0.3 is 4.74 Å². The van der Waals surface area contributed by atoms with Gasteiger partial charge >= 0.3 is 5.97 Å². The van der Waals surface area contributed by atoms with E-state index >= 15 is 0 Å². The van der Waals surface area contributed by atoms with Crippen LogP contribution in [-0.2, 0) is 21.2 Å². The highest BCUT2D eigenvalue weighted by molar-refractivity contribution is 7.89. The van der Waals surface area contributed by atoms with Crippen molar-refractivity contribution in [3.8, 4) is 0 Å². The minimum atomic E-state index is -3.58. The monoisotopic (exact) mass is 373 g/mol. The molecule has 1 unspecified atom stereocenters. The zero-order valence-corrected chi connectivity index (χ0v) is 15.6. The number of benzene rings is 2. The lowest BCUT2D eigenvalue weighted by molar-refractivity contribution is 0.0526. The molecule has 0 aliphatic carbocycles. The van der Waals surface area contributed by atoms with Crippen LogP contribution in [0, 0.1) is 0 Å². The molecule has 0 bridgehead atoms. The Morgan fingerprint density at radius 1 is 1.12 bits per heavy atom. The van der Waals surface area contributed by atoms with E-state index in [0.29, 0.717) is 18.5 Å². The molecule has 3 rings (SSSR count). The number of ether oxygens (including phenoxy) is 1. The summed E-state index contributed by atoms with van der Waals surface area (Å²) in [6, 6.07) is 15.9. The van der Waals surface area contributed by atoms with Crippen LogP contribution >= 0.6 is 0 Å². The van der Waals surface area contributed by atoms with Crippen LogP contribution in [0.15, 0.2) is 59.5 Å². The normalized spacial score (nSPS) is 18.0. The fourth-order valence-corrected chi connectivity index (χ4v) is 5.02. The number of sulfonamides is 1. The van der Waals surface area contributed by atoms with Crippen molar-refractivity contribution in [2.45, 2.75) is 37.1 Å². The lowest BCUT2D eigenvalue weighted by Crippen LogP contribution is -2.36. The Labute approximate surface area is 154 Å². The summed E-state index contributed by atoms with van der Waals surface area (Å²) >= 11 is 0. The quantitative estimate of drug-likeness (QED) is 0.729. The second-order valence-corrected chi connectivity index (χ2v) is 8.24. The van der Waals surface area contributed by atoms with E-state index in [1.807, 2.05) is 30.3 Å². The van der Waals surface area contributed by atoms with Crippen molar-refractivity contribution in [1.82, 2.24) is 4.31 Å². The number of carbonyl (C=O) groups excluding carboxylic acids is 1. The Morgan fingerprint density at radius 2 is 1.81 bits per heavy atom. The Morgan fingerprint density at radius 3 is 2.46 bits per heavy atom.